The van der Waals surface area contributed by atoms with Crippen molar-refractivity contribution in [2.24, 2.45) is 0 Å². The first-order chi connectivity index (χ1) is 16.0. The molecule has 0 saturated carbocycles. The molecule has 182 valence electrons. The van der Waals surface area contributed by atoms with Gasteiger partial charge in [-0.05, 0) is 24.6 Å². The quantitative estimate of drug-likeness (QED) is 0.601. The first-order valence-corrected chi connectivity index (χ1v) is 9.78. The number of hydrogen-bond donors (Lipinski definition) is 1. The molecule has 3 amide bonds. The van der Waals surface area contributed by atoms with Gasteiger partial charge >= 0.3 is 6.18 Å². The van der Waals surface area contributed by atoms with Crippen LogP contribution in [-0.4, -0.2) is 54.5 Å². The Bertz CT molecular complexity index is 1110. The summed E-state index contributed by atoms with van der Waals surface area (Å²) in [4.78, 5) is 41.3. The third kappa shape index (κ3) is 5.42. The van der Waals surface area contributed by atoms with Crippen LogP contribution in [0.1, 0.15) is 18.4 Å². The second-order valence-electron chi connectivity index (χ2n) is 7.11. The lowest BCUT2D eigenvalue weighted by Gasteiger charge is -2.22. The Morgan fingerprint density at radius 3 is 2.59 bits per heavy atom. The van der Waals surface area contributed by atoms with Crippen molar-refractivity contribution in [2.75, 3.05) is 26.1 Å². The number of imide groups is 1. The number of benzene rings is 1. The van der Waals surface area contributed by atoms with Gasteiger partial charge in [0.05, 0.1) is 18.4 Å². The first-order valence-electron chi connectivity index (χ1n) is 9.78. The Morgan fingerprint density at radius 1 is 1.24 bits per heavy atom. The summed E-state index contributed by atoms with van der Waals surface area (Å²) in [6.07, 6.45) is -4.26. The molecule has 1 aromatic heterocycles. The topological polar surface area (TPSA) is 107 Å². The summed E-state index contributed by atoms with van der Waals surface area (Å²) in [5.41, 5.74) is -1.23. The van der Waals surface area contributed by atoms with Crippen LogP contribution in [0.4, 0.5) is 23.2 Å². The molecule has 1 fully saturated rings. The number of nitrogens with zero attached hydrogens (tertiary/aromatic N) is 2. The van der Waals surface area contributed by atoms with Gasteiger partial charge in [-0.15, -0.1) is 0 Å². The third-order valence-electron chi connectivity index (χ3n) is 4.83. The SMILES string of the molecule is COCC(=O)N1C(=O)CCC1C(=O)Nc1cc(Oc2ncc(C(F)(F)F)cc2F)ccc1OC. The Morgan fingerprint density at radius 2 is 1.97 bits per heavy atom. The molecular weight excluding hydrogens is 466 g/mol. The average molecular weight is 485 g/mol. The zero-order valence-electron chi connectivity index (χ0n) is 17.9. The fraction of sp³-hybridized carbons (Fsp3) is 0.333. The molecule has 0 bridgehead atoms. The molecule has 1 atom stereocenters. The van der Waals surface area contributed by atoms with E-state index in [2.05, 4.69) is 10.3 Å². The fourth-order valence-electron chi connectivity index (χ4n) is 3.27. The van der Waals surface area contributed by atoms with E-state index in [4.69, 9.17) is 14.2 Å². The van der Waals surface area contributed by atoms with Gasteiger partial charge in [-0.1, -0.05) is 0 Å². The molecule has 1 saturated heterocycles. The van der Waals surface area contributed by atoms with Gasteiger partial charge in [0, 0.05) is 25.8 Å². The number of aromatic nitrogens is 1. The van der Waals surface area contributed by atoms with Crippen molar-refractivity contribution in [2.45, 2.75) is 25.1 Å². The predicted octanol–water partition coefficient (Wildman–Crippen LogP) is 3.14. The van der Waals surface area contributed by atoms with Crippen molar-refractivity contribution < 1.29 is 46.2 Å². The van der Waals surface area contributed by atoms with E-state index in [-0.39, 0.29) is 42.7 Å². The molecule has 3 rings (SSSR count). The second kappa shape index (κ2) is 10.0. The lowest BCUT2D eigenvalue weighted by molar-refractivity contribution is -0.149. The number of hydrogen-bond acceptors (Lipinski definition) is 7. The minimum Gasteiger partial charge on any atom is -0.495 e. The number of pyridine rings is 1. The molecular formula is C21H19F4N3O6. The summed E-state index contributed by atoms with van der Waals surface area (Å²) >= 11 is 0. The highest BCUT2D eigenvalue weighted by molar-refractivity contribution is 6.06. The Hall–Kier alpha value is -3.74. The molecule has 34 heavy (non-hydrogen) atoms. The molecule has 9 nitrogen and oxygen atoms in total. The number of rotatable bonds is 7. The van der Waals surface area contributed by atoms with Crippen molar-refractivity contribution in [3.05, 3.63) is 41.8 Å². The molecule has 2 heterocycles. The summed E-state index contributed by atoms with van der Waals surface area (Å²) in [6, 6.07) is 3.07. The molecule has 1 N–H and O–H groups in total. The fourth-order valence-corrected chi connectivity index (χ4v) is 3.27. The van der Waals surface area contributed by atoms with Crippen molar-refractivity contribution in [1.29, 1.82) is 0 Å². The number of halogens is 4. The molecule has 0 aliphatic carbocycles. The maximum atomic E-state index is 14.1. The maximum absolute atomic E-state index is 14.1. The Labute approximate surface area is 190 Å². The predicted molar refractivity (Wildman–Crippen MR) is 108 cm³/mol. The zero-order chi connectivity index (χ0) is 25.0. The van der Waals surface area contributed by atoms with Crippen molar-refractivity contribution in [1.82, 2.24) is 9.88 Å². The van der Waals surface area contributed by atoms with E-state index in [0.29, 0.717) is 6.20 Å². The summed E-state index contributed by atoms with van der Waals surface area (Å²) in [7, 11) is 2.59. The molecule has 13 heteroatoms. The largest absolute Gasteiger partial charge is 0.495 e. The highest BCUT2D eigenvalue weighted by Crippen LogP contribution is 2.34. The van der Waals surface area contributed by atoms with Gasteiger partial charge in [-0.2, -0.15) is 13.2 Å². The van der Waals surface area contributed by atoms with Crippen LogP contribution in [0.5, 0.6) is 17.4 Å². The summed E-state index contributed by atoms with van der Waals surface area (Å²) in [6.45, 7) is -0.381. The van der Waals surface area contributed by atoms with Crippen LogP contribution in [0.2, 0.25) is 0 Å². The number of methoxy groups -OCH3 is 2. The van der Waals surface area contributed by atoms with Gasteiger partial charge in [-0.3, -0.25) is 19.3 Å². The highest BCUT2D eigenvalue weighted by atomic mass is 19.4. The van der Waals surface area contributed by atoms with Crippen molar-refractivity contribution in [3.63, 3.8) is 0 Å². The molecule has 1 aromatic carbocycles. The first kappa shape index (κ1) is 24.9. The number of nitrogens with one attached hydrogen (secondary N) is 1. The maximum Gasteiger partial charge on any atom is 0.417 e. The van der Waals surface area contributed by atoms with E-state index < -0.39 is 47.2 Å². The number of ether oxygens (including phenoxy) is 3. The zero-order valence-corrected chi connectivity index (χ0v) is 17.9. The molecule has 1 aliphatic heterocycles. The second-order valence-corrected chi connectivity index (χ2v) is 7.11. The molecule has 1 aliphatic rings. The average Bonchev–Trinajstić information content (AvgIpc) is 3.16. The van der Waals surface area contributed by atoms with E-state index in [1.165, 1.54) is 32.4 Å². The number of carbonyl (C=O) groups is 3. The Balaban J connectivity index is 1.81. The van der Waals surface area contributed by atoms with Gasteiger partial charge in [0.1, 0.15) is 24.1 Å². The lowest BCUT2D eigenvalue weighted by Crippen LogP contribution is -2.46. The summed E-state index contributed by atoms with van der Waals surface area (Å²) in [5, 5.41) is 2.53. The normalized spacial score (nSPS) is 15.9. The van der Waals surface area contributed by atoms with E-state index in [9.17, 15) is 31.9 Å². The number of anilines is 1. The van der Waals surface area contributed by atoms with Gasteiger partial charge in [0.25, 0.3) is 11.8 Å². The van der Waals surface area contributed by atoms with Crippen LogP contribution in [-0.2, 0) is 25.3 Å². The lowest BCUT2D eigenvalue weighted by atomic mass is 10.2. The Kier molecular flexibility index (Phi) is 7.35. The summed E-state index contributed by atoms with van der Waals surface area (Å²) < 4.78 is 67.3. The number of alkyl halides is 3. The van der Waals surface area contributed by atoms with Crippen LogP contribution >= 0.6 is 0 Å². The van der Waals surface area contributed by atoms with Gasteiger partial charge in [0.2, 0.25) is 11.8 Å². The van der Waals surface area contributed by atoms with Crippen LogP contribution in [0.25, 0.3) is 0 Å². The van der Waals surface area contributed by atoms with Gasteiger partial charge < -0.3 is 19.5 Å². The monoisotopic (exact) mass is 485 g/mol. The van der Waals surface area contributed by atoms with Crippen molar-refractivity contribution in [3.8, 4) is 17.4 Å². The molecule has 2 aromatic rings. The van der Waals surface area contributed by atoms with Crippen LogP contribution in [0.15, 0.2) is 30.5 Å². The van der Waals surface area contributed by atoms with Gasteiger partial charge in [0.15, 0.2) is 5.82 Å². The summed E-state index contributed by atoms with van der Waals surface area (Å²) in [5.74, 6) is -3.84. The third-order valence-corrected chi connectivity index (χ3v) is 4.83. The van der Waals surface area contributed by atoms with E-state index in [1.54, 1.807) is 0 Å². The standard InChI is InChI=1S/C21H19F4N3O6/c1-32-10-18(30)28-15(4-6-17(28)29)19(31)27-14-8-12(3-5-16(14)33-2)34-20-13(22)7-11(9-26-20)21(23,24)25/h3,5,7-9,15H,4,6,10H2,1-2H3,(H,27,31). The molecule has 0 radical (unpaired) electrons. The van der Waals surface area contributed by atoms with Crippen molar-refractivity contribution >= 4 is 23.4 Å². The molecule has 0 spiro atoms. The minimum absolute atomic E-state index is 0.00725. The van der Waals surface area contributed by atoms with E-state index in [0.717, 1.165) is 4.90 Å². The van der Waals surface area contributed by atoms with E-state index >= 15 is 0 Å². The van der Waals surface area contributed by atoms with Crippen LogP contribution < -0.4 is 14.8 Å². The van der Waals surface area contributed by atoms with E-state index in [1.807, 2.05) is 0 Å². The number of amides is 3. The van der Waals surface area contributed by atoms with Crippen LogP contribution in [0, 0.1) is 5.82 Å². The smallest absolute Gasteiger partial charge is 0.417 e. The number of likely N-dealkylation sites (tertiary alicyclic amines) is 1. The van der Waals surface area contributed by atoms with Crippen LogP contribution in [0.3, 0.4) is 0 Å². The molecule has 1 unspecified atom stereocenters. The van der Waals surface area contributed by atoms with Gasteiger partial charge in [-0.25, -0.2) is 9.37 Å². The minimum atomic E-state index is -4.77. The number of carbonyl (C=O) groups excluding carboxylic acids is 3. The highest BCUT2D eigenvalue weighted by Gasteiger charge is 2.40.